The van der Waals surface area contributed by atoms with E-state index in [0.717, 1.165) is 9.87 Å². The highest BCUT2D eigenvalue weighted by molar-refractivity contribution is 7.89. The van der Waals surface area contributed by atoms with E-state index in [-0.39, 0.29) is 28.9 Å². The molecule has 44 heavy (non-hydrogen) atoms. The van der Waals surface area contributed by atoms with E-state index in [4.69, 9.17) is 21.1 Å². The van der Waals surface area contributed by atoms with Gasteiger partial charge in [0, 0.05) is 13.1 Å². The average Bonchev–Trinajstić information content (AvgIpc) is 3.04. The molecule has 1 aliphatic rings. The van der Waals surface area contributed by atoms with E-state index in [1.165, 1.54) is 30.2 Å². The lowest BCUT2D eigenvalue weighted by Gasteiger charge is -2.35. The molecule has 0 saturated heterocycles. The molecule has 0 spiro atoms. The van der Waals surface area contributed by atoms with Gasteiger partial charge in [-0.25, -0.2) is 8.42 Å². The molecule has 2 amide bonds. The van der Waals surface area contributed by atoms with Crippen LogP contribution in [-0.2, 0) is 32.6 Å². The molecule has 5 rings (SSSR count). The van der Waals surface area contributed by atoms with Gasteiger partial charge in [-0.1, -0.05) is 84.4 Å². The van der Waals surface area contributed by atoms with Gasteiger partial charge in [-0.15, -0.1) is 0 Å². The van der Waals surface area contributed by atoms with Crippen LogP contribution in [0, 0.1) is 0 Å². The monoisotopic (exact) mass is 633 g/mol. The maximum atomic E-state index is 14.0. The molecule has 0 unspecified atom stereocenters. The fourth-order valence-corrected chi connectivity index (χ4v) is 6.63. The Balaban J connectivity index is 1.38. The number of sulfonamides is 1. The summed E-state index contributed by atoms with van der Waals surface area (Å²) in [6, 6.07) is 29.8. The van der Waals surface area contributed by atoms with Crippen molar-refractivity contribution in [3.05, 3.63) is 119 Å². The molecule has 0 bridgehead atoms. The largest absolute Gasteiger partial charge is 0.495 e. The number of nitrogens with one attached hydrogen (secondary N) is 1. The minimum absolute atomic E-state index is 0.0616. The molecular weight excluding hydrogens is 602 g/mol. The van der Waals surface area contributed by atoms with Gasteiger partial charge in [0.1, 0.15) is 11.5 Å². The molecule has 0 fully saturated rings. The number of carbonyl (C=O) groups excluding carboxylic acids is 2. The van der Waals surface area contributed by atoms with Gasteiger partial charge in [-0.3, -0.25) is 9.59 Å². The molecule has 0 saturated carbocycles. The van der Waals surface area contributed by atoms with E-state index in [1.54, 1.807) is 48.5 Å². The molecule has 1 atom stereocenters. The van der Waals surface area contributed by atoms with Crippen molar-refractivity contribution in [2.45, 2.75) is 24.0 Å². The van der Waals surface area contributed by atoms with E-state index in [2.05, 4.69) is 5.32 Å². The Kier molecular flexibility index (Phi) is 9.84. The normalized spacial score (nSPS) is 14.4. The fourth-order valence-electron chi connectivity index (χ4n) is 4.90. The standard InChI is InChI=1S/C33H32ClN3O6S/c1-42-29-17-16-26(20-27(29)34)44(40,41)36(21-25-12-6-3-7-13-25)23-32(38)37-22-31(43-30-15-9-8-14-28(30)37)33(39)35-19-18-24-10-4-2-5-11-24/h2-17,20,31H,18-19,21-23H2,1H3,(H,35,39)/t31-/m1/s1. The molecule has 1 N–H and O–H groups in total. The number of hydrogen-bond donors (Lipinski definition) is 1. The lowest BCUT2D eigenvalue weighted by Crippen LogP contribution is -2.53. The lowest BCUT2D eigenvalue weighted by atomic mass is 10.1. The van der Waals surface area contributed by atoms with Crippen molar-refractivity contribution in [1.29, 1.82) is 0 Å². The van der Waals surface area contributed by atoms with Crippen LogP contribution in [0.2, 0.25) is 5.02 Å². The van der Waals surface area contributed by atoms with Crippen molar-refractivity contribution in [2.75, 3.05) is 31.6 Å². The molecule has 9 nitrogen and oxygen atoms in total. The van der Waals surface area contributed by atoms with Crippen LogP contribution in [0.5, 0.6) is 11.5 Å². The van der Waals surface area contributed by atoms with Gasteiger partial charge in [-0.2, -0.15) is 4.31 Å². The van der Waals surface area contributed by atoms with Gasteiger partial charge in [0.15, 0.2) is 6.10 Å². The Hall–Kier alpha value is -4.38. The summed E-state index contributed by atoms with van der Waals surface area (Å²) in [5.41, 5.74) is 2.23. The Morgan fingerprint density at radius 2 is 1.61 bits per heavy atom. The van der Waals surface area contributed by atoms with Crippen molar-refractivity contribution in [2.24, 2.45) is 0 Å². The zero-order valence-electron chi connectivity index (χ0n) is 24.1. The van der Waals surface area contributed by atoms with Crippen LogP contribution in [0.4, 0.5) is 5.69 Å². The number of nitrogens with zero attached hydrogens (tertiary/aromatic N) is 2. The quantitative estimate of drug-likeness (QED) is 0.257. The molecule has 4 aromatic rings. The smallest absolute Gasteiger partial charge is 0.262 e. The molecule has 228 valence electrons. The van der Waals surface area contributed by atoms with Crippen LogP contribution < -0.4 is 19.7 Å². The SMILES string of the molecule is COc1ccc(S(=O)(=O)N(CC(=O)N2C[C@H](C(=O)NCCc3ccccc3)Oc3ccccc32)Cc2ccccc2)cc1Cl. The van der Waals surface area contributed by atoms with E-state index in [9.17, 15) is 18.0 Å². The number of benzene rings is 4. The Morgan fingerprint density at radius 1 is 0.955 bits per heavy atom. The average molecular weight is 634 g/mol. The second-order valence-electron chi connectivity index (χ2n) is 10.2. The van der Waals surface area contributed by atoms with Crippen LogP contribution in [0.15, 0.2) is 108 Å². The third-order valence-corrected chi connectivity index (χ3v) is 9.28. The number of halogens is 1. The lowest BCUT2D eigenvalue weighted by molar-refractivity contribution is -0.128. The molecule has 0 aliphatic carbocycles. The van der Waals surface area contributed by atoms with Gasteiger partial charge in [0.2, 0.25) is 15.9 Å². The van der Waals surface area contributed by atoms with Crippen LogP contribution in [0.1, 0.15) is 11.1 Å². The van der Waals surface area contributed by atoms with Gasteiger partial charge in [-0.05, 0) is 47.9 Å². The number of ether oxygens (including phenoxy) is 2. The molecule has 1 aliphatic heterocycles. The summed E-state index contributed by atoms with van der Waals surface area (Å²) in [6.45, 7) is -0.238. The van der Waals surface area contributed by atoms with E-state index >= 15 is 0 Å². The molecular formula is C33H32ClN3O6S. The van der Waals surface area contributed by atoms with Crippen molar-refractivity contribution < 1.29 is 27.5 Å². The molecule has 1 heterocycles. The number of rotatable bonds is 11. The zero-order chi connectivity index (χ0) is 31.1. The number of hydrogen-bond acceptors (Lipinski definition) is 6. The van der Waals surface area contributed by atoms with Gasteiger partial charge < -0.3 is 19.7 Å². The first-order valence-corrected chi connectivity index (χ1v) is 15.8. The van der Waals surface area contributed by atoms with Crippen LogP contribution in [0.3, 0.4) is 0 Å². The maximum Gasteiger partial charge on any atom is 0.262 e. The highest BCUT2D eigenvalue weighted by atomic mass is 35.5. The molecule has 11 heteroatoms. The first-order chi connectivity index (χ1) is 21.3. The summed E-state index contributed by atoms with van der Waals surface area (Å²) >= 11 is 6.27. The van der Waals surface area contributed by atoms with E-state index in [0.29, 0.717) is 35.7 Å². The van der Waals surface area contributed by atoms with Crippen molar-refractivity contribution in [3.63, 3.8) is 0 Å². The van der Waals surface area contributed by atoms with Crippen molar-refractivity contribution in [3.8, 4) is 11.5 Å². The Labute approximate surface area is 262 Å². The summed E-state index contributed by atoms with van der Waals surface area (Å²) < 4.78 is 40.1. The predicted molar refractivity (Wildman–Crippen MR) is 168 cm³/mol. The summed E-state index contributed by atoms with van der Waals surface area (Å²) in [5.74, 6) is -0.194. The predicted octanol–water partition coefficient (Wildman–Crippen LogP) is 4.69. The molecule has 4 aromatic carbocycles. The summed E-state index contributed by atoms with van der Waals surface area (Å²) in [6.07, 6.45) is -0.343. The Bertz CT molecular complexity index is 1720. The number of anilines is 1. The first kappa shape index (κ1) is 31.1. The number of para-hydroxylation sites is 2. The number of carbonyl (C=O) groups is 2. The fraction of sp³-hybridized carbons (Fsp3) is 0.212. The van der Waals surface area contributed by atoms with E-state index < -0.39 is 28.6 Å². The van der Waals surface area contributed by atoms with Gasteiger partial charge in [0.25, 0.3) is 5.91 Å². The van der Waals surface area contributed by atoms with Gasteiger partial charge >= 0.3 is 0 Å². The minimum Gasteiger partial charge on any atom is -0.495 e. The van der Waals surface area contributed by atoms with Crippen molar-refractivity contribution >= 4 is 39.1 Å². The van der Waals surface area contributed by atoms with Crippen molar-refractivity contribution in [1.82, 2.24) is 9.62 Å². The molecule has 0 radical (unpaired) electrons. The third-order valence-electron chi connectivity index (χ3n) is 7.20. The first-order valence-electron chi connectivity index (χ1n) is 14.0. The Morgan fingerprint density at radius 3 is 2.30 bits per heavy atom. The number of amides is 2. The maximum absolute atomic E-state index is 14.0. The van der Waals surface area contributed by atoms with Crippen LogP contribution in [0.25, 0.3) is 0 Å². The highest BCUT2D eigenvalue weighted by Gasteiger charge is 2.36. The van der Waals surface area contributed by atoms with E-state index in [1.807, 2.05) is 36.4 Å². The topological polar surface area (TPSA) is 105 Å². The van der Waals surface area contributed by atoms with Crippen LogP contribution in [-0.4, -0.2) is 57.4 Å². The second-order valence-corrected chi connectivity index (χ2v) is 12.5. The zero-order valence-corrected chi connectivity index (χ0v) is 25.6. The summed E-state index contributed by atoms with van der Waals surface area (Å²) in [5, 5.41) is 3.02. The highest BCUT2D eigenvalue weighted by Crippen LogP contribution is 2.34. The second kappa shape index (κ2) is 13.9. The summed E-state index contributed by atoms with van der Waals surface area (Å²) in [7, 11) is -2.75. The minimum atomic E-state index is -4.19. The van der Waals surface area contributed by atoms with Gasteiger partial charge in [0.05, 0.1) is 35.8 Å². The molecule has 0 aromatic heterocycles. The number of fused-ring (bicyclic) bond motifs is 1. The summed E-state index contributed by atoms with van der Waals surface area (Å²) in [4.78, 5) is 28.4. The number of methoxy groups -OCH3 is 1. The third kappa shape index (κ3) is 7.21. The van der Waals surface area contributed by atoms with Crippen LogP contribution >= 0.6 is 11.6 Å².